The third-order valence-corrected chi connectivity index (χ3v) is 3.06. The van der Waals surface area contributed by atoms with Gasteiger partial charge < -0.3 is 21.1 Å². The minimum Gasteiger partial charge on any atom is -0.497 e. The molecule has 0 saturated carbocycles. The second kappa shape index (κ2) is 8.04. The van der Waals surface area contributed by atoms with Crippen molar-refractivity contribution in [1.82, 2.24) is 0 Å². The number of hydrogen-bond acceptors (Lipinski definition) is 3. The summed E-state index contributed by atoms with van der Waals surface area (Å²) in [5.41, 5.74) is 5.77. The van der Waals surface area contributed by atoms with E-state index in [1.54, 1.807) is 24.3 Å². The van der Waals surface area contributed by atoms with E-state index in [2.05, 4.69) is 15.6 Å². The van der Waals surface area contributed by atoms with Crippen LogP contribution in [0.4, 0.5) is 24.5 Å². The molecule has 0 aromatic heterocycles. The van der Waals surface area contributed by atoms with Crippen molar-refractivity contribution < 1.29 is 22.7 Å². The van der Waals surface area contributed by atoms with Gasteiger partial charge in [0, 0.05) is 5.69 Å². The molecule has 6 nitrogen and oxygen atoms in total. The van der Waals surface area contributed by atoms with Gasteiger partial charge in [0.1, 0.15) is 12.3 Å². The molecular weight excluding hydrogens is 337 g/mol. The normalized spacial score (nSPS) is 11.1. The molecule has 0 unspecified atom stereocenters. The van der Waals surface area contributed by atoms with Crippen LogP contribution in [-0.4, -0.2) is 25.5 Å². The molecule has 0 aliphatic rings. The number of carbonyl (C=O) groups excluding carboxylic acids is 1. The Morgan fingerprint density at radius 3 is 2.40 bits per heavy atom. The topological polar surface area (TPSA) is 88.7 Å². The van der Waals surface area contributed by atoms with Crippen molar-refractivity contribution in [3.05, 3.63) is 53.8 Å². The van der Waals surface area contributed by atoms with E-state index in [4.69, 9.17) is 10.5 Å². The number of hydrogen-bond donors (Lipinski definition) is 3. The lowest BCUT2D eigenvalue weighted by Gasteiger charge is -2.08. The highest BCUT2D eigenvalue weighted by molar-refractivity contribution is 5.97. The van der Waals surface area contributed by atoms with E-state index < -0.39 is 35.6 Å². The second-order valence-electron chi connectivity index (χ2n) is 4.83. The molecule has 0 aliphatic heterocycles. The summed E-state index contributed by atoms with van der Waals surface area (Å²) in [7, 11) is 1.53. The minimum atomic E-state index is -1.66. The predicted molar refractivity (Wildman–Crippen MR) is 88.1 cm³/mol. The molecule has 2 aromatic carbocycles. The fourth-order valence-corrected chi connectivity index (χ4v) is 1.83. The van der Waals surface area contributed by atoms with Crippen LogP contribution in [0.15, 0.2) is 41.4 Å². The van der Waals surface area contributed by atoms with Crippen LogP contribution < -0.4 is 21.1 Å². The Balaban J connectivity index is 1.93. The van der Waals surface area contributed by atoms with Gasteiger partial charge in [-0.1, -0.05) is 0 Å². The van der Waals surface area contributed by atoms with Crippen LogP contribution in [0.3, 0.4) is 0 Å². The maximum Gasteiger partial charge on any atom is 0.246 e. The fourth-order valence-electron chi connectivity index (χ4n) is 1.83. The molecule has 0 spiro atoms. The van der Waals surface area contributed by atoms with Gasteiger partial charge in [-0.2, -0.15) is 0 Å². The highest BCUT2D eigenvalue weighted by Crippen LogP contribution is 2.19. The molecule has 2 aromatic rings. The van der Waals surface area contributed by atoms with Crippen molar-refractivity contribution >= 4 is 23.2 Å². The fraction of sp³-hybridized carbons (Fsp3) is 0.125. The molecule has 0 bridgehead atoms. The van der Waals surface area contributed by atoms with Crippen LogP contribution in [0.5, 0.6) is 5.75 Å². The van der Waals surface area contributed by atoms with Gasteiger partial charge in [0.05, 0.1) is 12.8 Å². The van der Waals surface area contributed by atoms with Gasteiger partial charge in [0.25, 0.3) is 0 Å². The molecule has 25 heavy (non-hydrogen) atoms. The Morgan fingerprint density at radius 2 is 1.76 bits per heavy atom. The van der Waals surface area contributed by atoms with E-state index in [1.807, 2.05) is 0 Å². The van der Waals surface area contributed by atoms with Crippen molar-refractivity contribution in [2.75, 3.05) is 24.3 Å². The molecule has 0 radical (unpaired) electrons. The Kier molecular flexibility index (Phi) is 5.83. The number of methoxy groups -OCH3 is 1. The van der Waals surface area contributed by atoms with Crippen molar-refractivity contribution in [2.45, 2.75) is 0 Å². The van der Waals surface area contributed by atoms with Gasteiger partial charge in [-0.05, 0) is 36.4 Å². The number of anilines is 2. The van der Waals surface area contributed by atoms with Crippen LogP contribution in [0.25, 0.3) is 0 Å². The Morgan fingerprint density at radius 1 is 1.08 bits per heavy atom. The SMILES string of the molecule is COc1ccc(NC(N)=NCC(=O)Nc2ccc(F)c(F)c2F)cc1. The summed E-state index contributed by atoms with van der Waals surface area (Å²) in [6.07, 6.45) is 0. The number of nitrogens with two attached hydrogens (primary N) is 1. The summed E-state index contributed by atoms with van der Waals surface area (Å²) in [4.78, 5) is 15.5. The molecule has 0 heterocycles. The molecular formula is C16H15F3N4O2. The zero-order valence-electron chi connectivity index (χ0n) is 13.1. The highest BCUT2D eigenvalue weighted by Gasteiger charge is 2.15. The van der Waals surface area contributed by atoms with Crippen molar-refractivity contribution in [3.8, 4) is 5.75 Å². The quantitative estimate of drug-likeness (QED) is 0.438. The Labute approximate surface area is 141 Å². The maximum atomic E-state index is 13.5. The van der Waals surface area contributed by atoms with E-state index in [-0.39, 0.29) is 5.96 Å². The smallest absolute Gasteiger partial charge is 0.246 e. The molecule has 2 rings (SSSR count). The van der Waals surface area contributed by atoms with Gasteiger partial charge in [0.15, 0.2) is 23.4 Å². The van der Waals surface area contributed by atoms with Gasteiger partial charge in [-0.15, -0.1) is 0 Å². The summed E-state index contributed by atoms with van der Waals surface area (Å²) in [5.74, 6) is -4.63. The molecule has 4 N–H and O–H groups in total. The lowest BCUT2D eigenvalue weighted by Crippen LogP contribution is -2.25. The van der Waals surface area contributed by atoms with E-state index in [0.29, 0.717) is 17.5 Å². The summed E-state index contributed by atoms with van der Waals surface area (Å²) in [5, 5.41) is 4.83. The summed E-state index contributed by atoms with van der Waals surface area (Å²) < 4.78 is 44.4. The van der Waals surface area contributed by atoms with Crippen LogP contribution in [-0.2, 0) is 4.79 Å². The number of aliphatic imine (C=N–C) groups is 1. The number of guanidine groups is 1. The molecule has 0 fully saturated rings. The molecule has 0 atom stereocenters. The summed E-state index contributed by atoms with van der Waals surface area (Å²) >= 11 is 0. The van der Waals surface area contributed by atoms with Crippen LogP contribution in [0, 0.1) is 17.5 Å². The third-order valence-electron chi connectivity index (χ3n) is 3.06. The van der Waals surface area contributed by atoms with Crippen LogP contribution >= 0.6 is 0 Å². The first kappa shape index (κ1) is 18.1. The Hall–Kier alpha value is -3.23. The minimum absolute atomic E-state index is 0.0499. The average molecular weight is 352 g/mol. The predicted octanol–water partition coefficient (Wildman–Crippen LogP) is 2.48. The van der Waals surface area contributed by atoms with Gasteiger partial charge in [-0.25, -0.2) is 18.2 Å². The number of benzene rings is 2. The molecule has 0 aliphatic carbocycles. The van der Waals surface area contributed by atoms with Crippen LogP contribution in [0.1, 0.15) is 0 Å². The Bertz CT molecular complexity index is 795. The van der Waals surface area contributed by atoms with E-state index >= 15 is 0 Å². The first-order valence-corrected chi connectivity index (χ1v) is 7.05. The summed E-state index contributed by atoms with van der Waals surface area (Å²) in [6, 6.07) is 8.41. The largest absolute Gasteiger partial charge is 0.497 e. The number of carbonyl (C=O) groups is 1. The maximum absolute atomic E-state index is 13.5. The van der Waals surface area contributed by atoms with Gasteiger partial charge in [-0.3, -0.25) is 4.79 Å². The number of nitrogens with zero attached hydrogens (tertiary/aromatic N) is 1. The molecule has 9 heteroatoms. The zero-order chi connectivity index (χ0) is 18.4. The first-order chi connectivity index (χ1) is 11.9. The van der Waals surface area contributed by atoms with Gasteiger partial charge in [0.2, 0.25) is 5.91 Å². The monoisotopic (exact) mass is 352 g/mol. The number of amides is 1. The summed E-state index contributed by atoms with van der Waals surface area (Å²) in [6.45, 7) is -0.437. The lowest BCUT2D eigenvalue weighted by molar-refractivity contribution is -0.114. The van der Waals surface area contributed by atoms with E-state index in [9.17, 15) is 18.0 Å². The first-order valence-electron chi connectivity index (χ1n) is 7.05. The third kappa shape index (κ3) is 4.87. The number of rotatable bonds is 5. The van der Waals surface area contributed by atoms with E-state index in [1.165, 1.54) is 7.11 Å². The molecule has 1 amide bonds. The van der Waals surface area contributed by atoms with Crippen molar-refractivity contribution in [1.29, 1.82) is 0 Å². The zero-order valence-corrected chi connectivity index (χ0v) is 13.1. The van der Waals surface area contributed by atoms with Crippen LogP contribution in [0.2, 0.25) is 0 Å². The van der Waals surface area contributed by atoms with Gasteiger partial charge >= 0.3 is 0 Å². The van der Waals surface area contributed by atoms with Crippen molar-refractivity contribution in [2.24, 2.45) is 10.7 Å². The molecule has 0 saturated heterocycles. The number of nitrogens with one attached hydrogen (secondary N) is 2. The number of halogens is 3. The van der Waals surface area contributed by atoms with E-state index in [0.717, 1.165) is 6.07 Å². The molecule has 132 valence electrons. The highest BCUT2D eigenvalue weighted by atomic mass is 19.2. The standard InChI is InChI=1S/C16H15F3N4O2/c1-25-10-4-2-9(3-5-10)22-16(20)21-8-13(24)23-12-7-6-11(17)14(18)15(12)19/h2-7H,8H2,1H3,(H,23,24)(H3,20,21,22). The second-order valence-corrected chi connectivity index (χ2v) is 4.83. The lowest BCUT2D eigenvalue weighted by atomic mass is 10.3. The van der Waals surface area contributed by atoms with Crippen molar-refractivity contribution in [3.63, 3.8) is 0 Å². The number of ether oxygens (including phenoxy) is 1. The average Bonchev–Trinajstić information content (AvgIpc) is 2.61.